The van der Waals surface area contributed by atoms with Crippen molar-refractivity contribution in [2.75, 3.05) is 31.5 Å². The largest absolute Gasteiger partial charge is 0.397 e. The Morgan fingerprint density at radius 1 is 1.11 bits per heavy atom. The van der Waals surface area contributed by atoms with Gasteiger partial charge in [-0.15, -0.1) is 0 Å². The summed E-state index contributed by atoms with van der Waals surface area (Å²) in [6.45, 7) is 3.58. The van der Waals surface area contributed by atoms with Crippen molar-refractivity contribution in [3.63, 3.8) is 0 Å². The van der Waals surface area contributed by atoms with Crippen LogP contribution < -0.4 is 5.32 Å². The van der Waals surface area contributed by atoms with Gasteiger partial charge in [0.1, 0.15) is 12.2 Å². The number of hydrogen-bond acceptors (Lipinski definition) is 6. The number of fused-ring (bicyclic) bond motifs is 1. The summed E-state index contributed by atoms with van der Waals surface area (Å²) < 4.78 is 39.5. The molecule has 1 aliphatic heterocycles. The number of H-pyrrole nitrogens is 1. The topological polar surface area (TPSA) is 95.0 Å². The molecule has 4 aromatic rings. The Morgan fingerprint density at radius 2 is 1.89 bits per heavy atom. The number of rotatable bonds is 6. The summed E-state index contributed by atoms with van der Waals surface area (Å²) in [4.78, 5) is 27.6. The molecule has 1 fully saturated rings. The van der Waals surface area contributed by atoms with Crippen LogP contribution in [0, 0.1) is 0 Å². The molecule has 0 bridgehead atoms. The molecule has 9 nitrogen and oxygen atoms in total. The molecule has 1 atom stereocenters. The van der Waals surface area contributed by atoms with Crippen LogP contribution in [-0.2, 0) is 11.8 Å². The monoisotopic (exact) mass is 512 g/mol. The van der Waals surface area contributed by atoms with E-state index < -0.39 is 18.5 Å². The van der Waals surface area contributed by atoms with Crippen LogP contribution in [0.3, 0.4) is 0 Å². The predicted octanol–water partition coefficient (Wildman–Crippen LogP) is 4.26. The zero-order chi connectivity index (χ0) is 26.2. The molecule has 3 aromatic heterocycles. The van der Waals surface area contributed by atoms with E-state index in [1.807, 2.05) is 55.1 Å². The SMILES string of the molecule is CC(c1ccnc(Nc2nc3ccc(-c4ccnn4C)cc3[nH]2)c1)N1CCN(C(=O)CC(F)(F)F)CC1. The number of aromatic nitrogens is 5. The van der Waals surface area contributed by atoms with E-state index in [-0.39, 0.29) is 19.1 Å². The minimum absolute atomic E-state index is 0.000504. The number of aromatic amines is 1. The molecule has 0 spiro atoms. The average molecular weight is 513 g/mol. The van der Waals surface area contributed by atoms with Crippen molar-refractivity contribution < 1.29 is 18.0 Å². The fourth-order valence-corrected chi connectivity index (χ4v) is 4.63. The first-order chi connectivity index (χ1) is 17.7. The first-order valence-corrected chi connectivity index (χ1v) is 12.0. The van der Waals surface area contributed by atoms with Gasteiger partial charge in [0.15, 0.2) is 0 Å². The quantitative estimate of drug-likeness (QED) is 0.401. The van der Waals surface area contributed by atoms with Gasteiger partial charge in [-0.05, 0) is 42.8 Å². The number of anilines is 2. The summed E-state index contributed by atoms with van der Waals surface area (Å²) in [5.41, 5.74) is 4.72. The van der Waals surface area contributed by atoms with Gasteiger partial charge < -0.3 is 15.2 Å². The number of halogens is 3. The maximum absolute atomic E-state index is 12.6. The summed E-state index contributed by atoms with van der Waals surface area (Å²) in [6.07, 6.45) is -2.43. The average Bonchev–Trinajstić information content (AvgIpc) is 3.47. The second-order valence-corrected chi connectivity index (χ2v) is 9.14. The lowest BCUT2D eigenvalue weighted by molar-refractivity contribution is -0.162. The summed E-state index contributed by atoms with van der Waals surface area (Å²) in [7, 11) is 1.90. The van der Waals surface area contributed by atoms with Crippen LogP contribution in [0.2, 0.25) is 0 Å². The molecule has 37 heavy (non-hydrogen) atoms. The van der Waals surface area contributed by atoms with Gasteiger partial charge in [-0.25, -0.2) is 9.97 Å². The minimum Gasteiger partial charge on any atom is -0.340 e. The molecule has 1 saturated heterocycles. The van der Waals surface area contributed by atoms with Gasteiger partial charge >= 0.3 is 6.18 Å². The summed E-state index contributed by atoms with van der Waals surface area (Å²) in [5, 5.41) is 7.45. The highest BCUT2D eigenvalue weighted by molar-refractivity contribution is 5.83. The molecule has 0 aliphatic carbocycles. The smallest absolute Gasteiger partial charge is 0.340 e. The first-order valence-electron chi connectivity index (χ1n) is 12.0. The van der Waals surface area contributed by atoms with Crippen molar-refractivity contribution in [2.24, 2.45) is 7.05 Å². The van der Waals surface area contributed by atoms with E-state index >= 15 is 0 Å². The molecule has 0 radical (unpaired) electrons. The van der Waals surface area contributed by atoms with Crippen LogP contribution in [-0.4, -0.2) is 72.8 Å². The highest BCUT2D eigenvalue weighted by Crippen LogP contribution is 2.27. The Labute approximate surface area is 211 Å². The van der Waals surface area contributed by atoms with Crippen molar-refractivity contribution >= 4 is 28.7 Å². The number of piperazine rings is 1. The Bertz CT molecular complexity index is 1400. The van der Waals surface area contributed by atoms with E-state index in [1.165, 1.54) is 4.90 Å². The molecular formula is C25H27F3N8O. The molecule has 194 valence electrons. The van der Waals surface area contributed by atoms with Crippen molar-refractivity contribution in [2.45, 2.75) is 25.6 Å². The van der Waals surface area contributed by atoms with E-state index in [0.717, 1.165) is 27.9 Å². The molecule has 2 N–H and O–H groups in total. The number of aryl methyl sites for hydroxylation is 1. The van der Waals surface area contributed by atoms with Crippen LogP contribution in [0.15, 0.2) is 48.8 Å². The Hall–Kier alpha value is -3.93. The molecule has 1 amide bonds. The molecule has 1 aliphatic rings. The predicted molar refractivity (Wildman–Crippen MR) is 133 cm³/mol. The number of imidazole rings is 1. The number of amides is 1. The molecule has 12 heteroatoms. The minimum atomic E-state index is -4.48. The third-order valence-corrected chi connectivity index (χ3v) is 6.68. The number of benzene rings is 1. The molecule has 4 heterocycles. The second-order valence-electron chi connectivity index (χ2n) is 9.14. The Morgan fingerprint density at radius 3 is 2.59 bits per heavy atom. The lowest BCUT2D eigenvalue weighted by atomic mass is 10.1. The highest BCUT2D eigenvalue weighted by Gasteiger charge is 2.35. The lowest BCUT2D eigenvalue weighted by Crippen LogP contribution is -2.50. The fraction of sp³-hybridized carbons (Fsp3) is 0.360. The fourth-order valence-electron chi connectivity index (χ4n) is 4.63. The highest BCUT2D eigenvalue weighted by atomic mass is 19.4. The van der Waals surface area contributed by atoms with Gasteiger partial charge in [-0.3, -0.25) is 14.4 Å². The zero-order valence-electron chi connectivity index (χ0n) is 20.5. The van der Waals surface area contributed by atoms with E-state index in [4.69, 9.17) is 0 Å². The number of nitrogens with zero attached hydrogens (tertiary/aromatic N) is 6. The standard InChI is InChI=1S/C25H27F3N8O/c1-16(35-9-11-36(12-10-35)23(37)15-25(26,27)28)17-5-7-29-22(14-17)33-24-31-19-4-3-18(13-20(19)32-24)21-6-8-30-34(21)2/h3-8,13-14,16H,9-12,15H2,1-2H3,(H2,29,31,32,33). The number of carbonyl (C=O) groups excluding carboxylic acids is 1. The molecule has 0 saturated carbocycles. The molecule has 5 rings (SSSR count). The van der Waals surface area contributed by atoms with Crippen LogP contribution in [0.1, 0.15) is 24.9 Å². The van der Waals surface area contributed by atoms with E-state index in [2.05, 4.69) is 30.3 Å². The van der Waals surface area contributed by atoms with Crippen LogP contribution >= 0.6 is 0 Å². The van der Waals surface area contributed by atoms with Crippen molar-refractivity contribution in [3.8, 4) is 11.3 Å². The van der Waals surface area contributed by atoms with Crippen molar-refractivity contribution in [1.29, 1.82) is 0 Å². The number of alkyl halides is 3. The summed E-state index contributed by atoms with van der Waals surface area (Å²) in [5.74, 6) is 0.314. The van der Waals surface area contributed by atoms with Crippen LogP contribution in [0.5, 0.6) is 0 Å². The van der Waals surface area contributed by atoms with Crippen LogP contribution in [0.25, 0.3) is 22.3 Å². The normalized spacial score (nSPS) is 15.8. The first kappa shape index (κ1) is 24.8. The molecule has 1 unspecified atom stereocenters. The Balaban J connectivity index is 1.24. The van der Waals surface area contributed by atoms with Gasteiger partial charge in [0.2, 0.25) is 11.9 Å². The van der Waals surface area contributed by atoms with Gasteiger partial charge in [0.25, 0.3) is 0 Å². The van der Waals surface area contributed by atoms with Gasteiger partial charge in [-0.2, -0.15) is 18.3 Å². The third kappa shape index (κ3) is 5.58. The van der Waals surface area contributed by atoms with Crippen molar-refractivity contribution in [1.82, 2.24) is 34.5 Å². The number of nitrogens with one attached hydrogen (secondary N) is 2. The van der Waals surface area contributed by atoms with Gasteiger partial charge in [-0.1, -0.05) is 6.07 Å². The van der Waals surface area contributed by atoms with Gasteiger partial charge in [0.05, 0.1) is 16.7 Å². The van der Waals surface area contributed by atoms with Crippen LogP contribution in [0.4, 0.5) is 24.9 Å². The maximum Gasteiger partial charge on any atom is 0.397 e. The second kappa shape index (κ2) is 9.85. The number of pyridine rings is 1. The lowest BCUT2D eigenvalue weighted by Gasteiger charge is -2.38. The summed E-state index contributed by atoms with van der Waals surface area (Å²) >= 11 is 0. The van der Waals surface area contributed by atoms with E-state index in [0.29, 0.717) is 24.9 Å². The summed E-state index contributed by atoms with van der Waals surface area (Å²) in [6, 6.07) is 11.8. The van der Waals surface area contributed by atoms with Gasteiger partial charge in [0, 0.05) is 57.2 Å². The maximum atomic E-state index is 12.6. The third-order valence-electron chi connectivity index (χ3n) is 6.68. The zero-order valence-corrected chi connectivity index (χ0v) is 20.5. The number of carbonyl (C=O) groups is 1. The Kier molecular flexibility index (Phi) is 6.59. The number of hydrogen-bond donors (Lipinski definition) is 2. The molecule has 1 aromatic carbocycles. The van der Waals surface area contributed by atoms with E-state index in [1.54, 1.807) is 12.4 Å². The van der Waals surface area contributed by atoms with E-state index in [9.17, 15) is 18.0 Å². The molecular weight excluding hydrogens is 485 g/mol. The van der Waals surface area contributed by atoms with Crippen molar-refractivity contribution in [3.05, 3.63) is 54.4 Å².